The second kappa shape index (κ2) is 5.45. The molecule has 0 aliphatic carbocycles. The van der Waals surface area contributed by atoms with Gasteiger partial charge in [-0.15, -0.1) is 0 Å². The van der Waals surface area contributed by atoms with Gasteiger partial charge in [-0.2, -0.15) is 5.26 Å². The topological polar surface area (TPSA) is 59.0 Å². The molecule has 96 valence electrons. The molecule has 2 rings (SSSR count). The third-order valence-corrected chi connectivity index (χ3v) is 3.03. The van der Waals surface area contributed by atoms with E-state index in [9.17, 15) is 0 Å². The number of ether oxygens (including phenoxy) is 1. The summed E-state index contributed by atoms with van der Waals surface area (Å²) < 4.78 is 5.75. The van der Waals surface area contributed by atoms with E-state index in [4.69, 9.17) is 15.7 Å². The van der Waals surface area contributed by atoms with Crippen molar-refractivity contribution in [3.63, 3.8) is 0 Å². The van der Waals surface area contributed by atoms with E-state index < -0.39 is 0 Å². The highest BCUT2D eigenvalue weighted by Gasteiger charge is 2.05. The Labute approximate surface area is 113 Å². The summed E-state index contributed by atoms with van der Waals surface area (Å²) in [6.45, 7) is 3.97. The van der Waals surface area contributed by atoms with Crippen LogP contribution in [0.5, 0.6) is 11.5 Å². The second-order valence-electron chi connectivity index (χ2n) is 4.42. The van der Waals surface area contributed by atoms with Crippen molar-refractivity contribution in [2.45, 2.75) is 20.3 Å². The van der Waals surface area contributed by atoms with E-state index in [1.165, 1.54) is 5.56 Å². The molecule has 3 nitrogen and oxygen atoms in total. The maximum atomic E-state index is 8.89. The number of nitrogens with two attached hydrogens (primary N) is 1. The Bertz CT molecular complexity index is 642. The van der Waals surface area contributed by atoms with Crippen LogP contribution in [0, 0.1) is 18.3 Å². The van der Waals surface area contributed by atoms with Crippen molar-refractivity contribution in [2.24, 2.45) is 0 Å². The van der Waals surface area contributed by atoms with E-state index in [2.05, 4.69) is 13.0 Å². The molecule has 0 unspecified atom stereocenters. The molecule has 0 fully saturated rings. The summed E-state index contributed by atoms with van der Waals surface area (Å²) in [6.07, 6.45) is 0.945. The van der Waals surface area contributed by atoms with E-state index in [-0.39, 0.29) is 0 Å². The quantitative estimate of drug-likeness (QED) is 0.845. The third kappa shape index (κ3) is 2.86. The summed E-state index contributed by atoms with van der Waals surface area (Å²) >= 11 is 0. The largest absolute Gasteiger partial charge is 0.455 e. The SMILES string of the molecule is CCc1ccc(Oc2ccc(C#N)c(C)c2)c(N)c1. The van der Waals surface area contributed by atoms with Crippen molar-refractivity contribution < 1.29 is 4.74 Å². The molecule has 0 atom stereocenters. The van der Waals surface area contributed by atoms with Gasteiger partial charge in [-0.25, -0.2) is 0 Å². The highest BCUT2D eigenvalue weighted by Crippen LogP contribution is 2.29. The molecule has 19 heavy (non-hydrogen) atoms. The standard InChI is InChI=1S/C16H16N2O/c1-3-12-4-7-16(15(18)9-12)19-14-6-5-13(10-17)11(2)8-14/h4-9H,3,18H2,1-2H3. The van der Waals surface area contributed by atoms with Gasteiger partial charge in [0.2, 0.25) is 0 Å². The maximum absolute atomic E-state index is 8.89. The Morgan fingerprint density at radius 1 is 1.21 bits per heavy atom. The Balaban J connectivity index is 2.26. The molecule has 2 N–H and O–H groups in total. The lowest BCUT2D eigenvalue weighted by Gasteiger charge is -2.10. The number of nitrogens with zero attached hydrogens (tertiary/aromatic N) is 1. The van der Waals surface area contributed by atoms with Crippen LogP contribution < -0.4 is 10.5 Å². The number of hydrogen-bond donors (Lipinski definition) is 1. The highest BCUT2D eigenvalue weighted by molar-refractivity contribution is 5.56. The zero-order valence-electron chi connectivity index (χ0n) is 11.1. The molecule has 0 amide bonds. The number of rotatable bonds is 3. The van der Waals surface area contributed by atoms with Gasteiger partial charge in [0.15, 0.2) is 0 Å². The molecular weight excluding hydrogens is 236 g/mol. The lowest BCUT2D eigenvalue weighted by atomic mass is 10.1. The lowest BCUT2D eigenvalue weighted by molar-refractivity contribution is 0.484. The molecule has 0 aromatic heterocycles. The average molecular weight is 252 g/mol. The molecule has 2 aromatic carbocycles. The van der Waals surface area contributed by atoms with Crippen LogP contribution in [0.3, 0.4) is 0 Å². The monoisotopic (exact) mass is 252 g/mol. The van der Waals surface area contributed by atoms with E-state index >= 15 is 0 Å². The molecule has 0 spiro atoms. The minimum absolute atomic E-state index is 0.626. The van der Waals surface area contributed by atoms with E-state index in [1.54, 1.807) is 12.1 Å². The molecule has 3 heteroatoms. The zero-order valence-corrected chi connectivity index (χ0v) is 11.1. The molecule has 0 radical (unpaired) electrons. The fourth-order valence-electron chi connectivity index (χ4n) is 1.86. The Morgan fingerprint density at radius 3 is 2.58 bits per heavy atom. The first-order valence-corrected chi connectivity index (χ1v) is 6.21. The maximum Gasteiger partial charge on any atom is 0.150 e. The van der Waals surface area contributed by atoms with Crippen LogP contribution in [-0.4, -0.2) is 0 Å². The van der Waals surface area contributed by atoms with E-state index in [1.807, 2.05) is 31.2 Å². The molecule has 2 aromatic rings. The van der Waals surface area contributed by atoms with Gasteiger partial charge in [0.1, 0.15) is 11.5 Å². The predicted octanol–water partition coefficient (Wildman–Crippen LogP) is 3.80. The lowest BCUT2D eigenvalue weighted by Crippen LogP contribution is -1.94. The Kier molecular flexibility index (Phi) is 3.72. The molecule has 0 aliphatic heterocycles. The fourth-order valence-corrected chi connectivity index (χ4v) is 1.86. The van der Waals surface area contributed by atoms with Crippen molar-refractivity contribution >= 4 is 5.69 Å². The van der Waals surface area contributed by atoms with Gasteiger partial charge in [0.05, 0.1) is 17.3 Å². The van der Waals surface area contributed by atoms with Crippen LogP contribution in [0.2, 0.25) is 0 Å². The third-order valence-electron chi connectivity index (χ3n) is 3.03. The summed E-state index contributed by atoms with van der Waals surface area (Å²) in [5, 5.41) is 8.89. The zero-order chi connectivity index (χ0) is 13.8. The molecule has 0 aliphatic rings. The van der Waals surface area contributed by atoms with Gasteiger partial charge in [-0.05, 0) is 54.8 Å². The van der Waals surface area contributed by atoms with Gasteiger partial charge in [0, 0.05) is 0 Å². The van der Waals surface area contributed by atoms with Crippen LogP contribution in [-0.2, 0) is 6.42 Å². The number of nitriles is 1. The van der Waals surface area contributed by atoms with E-state index in [0.717, 1.165) is 12.0 Å². The summed E-state index contributed by atoms with van der Waals surface area (Å²) in [6, 6.07) is 13.3. The normalized spacial score (nSPS) is 9.95. The minimum atomic E-state index is 0.626. The van der Waals surface area contributed by atoms with Crippen LogP contribution in [0.4, 0.5) is 5.69 Å². The van der Waals surface area contributed by atoms with Crippen LogP contribution in [0.1, 0.15) is 23.6 Å². The van der Waals surface area contributed by atoms with Crippen molar-refractivity contribution in [3.05, 3.63) is 53.1 Å². The molecule has 0 saturated carbocycles. The Hall–Kier alpha value is -2.47. The summed E-state index contributed by atoms with van der Waals surface area (Å²) in [7, 11) is 0. The summed E-state index contributed by atoms with van der Waals surface area (Å²) in [5.41, 5.74) is 9.32. The molecule has 0 bridgehead atoms. The fraction of sp³-hybridized carbons (Fsp3) is 0.188. The number of benzene rings is 2. The summed E-state index contributed by atoms with van der Waals surface area (Å²) in [4.78, 5) is 0. The van der Waals surface area contributed by atoms with Crippen LogP contribution >= 0.6 is 0 Å². The average Bonchev–Trinajstić information content (AvgIpc) is 2.41. The molecule has 0 saturated heterocycles. The molecular formula is C16H16N2O. The van der Waals surface area contributed by atoms with Crippen LogP contribution in [0.15, 0.2) is 36.4 Å². The van der Waals surface area contributed by atoms with Gasteiger partial charge in [-0.1, -0.05) is 13.0 Å². The molecule has 0 heterocycles. The van der Waals surface area contributed by atoms with Gasteiger partial charge >= 0.3 is 0 Å². The Morgan fingerprint density at radius 2 is 2.00 bits per heavy atom. The number of nitrogen functional groups attached to an aromatic ring is 1. The first kappa shape index (κ1) is 13.0. The minimum Gasteiger partial charge on any atom is -0.455 e. The number of hydrogen-bond acceptors (Lipinski definition) is 3. The highest BCUT2D eigenvalue weighted by atomic mass is 16.5. The number of aryl methyl sites for hydroxylation is 2. The van der Waals surface area contributed by atoms with Crippen LogP contribution in [0.25, 0.3) is 0 Å². The van der Waals surface area contributed by atoms with Crippen molar-refractivity contribution in [3.8, 4) is 17.6 Å². The van der Waals surface area contributed by atoms with Crippen molar-refractivity contribution in [2.75, 3.05) is 5.73 Å². The van der Waals surface area contributed by atoms with Gasteiger partial charge in [0.25, 0.3) is 0 Å². The number of anilines is 1. The van der Waals surface area contributed by atoms with Crippen molar-refractivity contribution in [1.82, 2.24) is 0 Å². The van der Waals surface area contributed by atoms with E-state index in [0.29, 0.717) is 22.7 Å². The van der Waals surface area contributed by atoms with Crippen molar-refractivity contribution in [1.29, 1.82) is 5.26 Å². The van der Waals surface area contributed by atoms with Gasteiger partial charge < -0.3 is 10.5 Å². The smallest absolute Gasteiger partial charge is 0.150 e. The summed E-state index contributed by atoms with van der Waals surface area (Å²) in [5.74, 6) is 1.33. The second-order valence-corrected chi connectivity index (χ2v) is 4.42. The first-order chi connectivity index (χ1) is 9.13. The predicted molar refractivity (Wildman–Crippen MR) is 76.2 cm³/mol. The van der Waals surface area contributed by atoms with Gasteiger partial charge in [-0.3, -0.25) is 0 Å². The first-order valence-electron chi connectivity index (χ1n) is 6.21.